The van der Waals surface area contributed by atoms with E-state index in [0.29, 0.717) is 28.6 Å². The molecular weight excluding hydrogens is 444 g/mol. The number of ether oxygens (including phenoxy) is 2. The molecule has 0 saturated carbocycles. The predicted molar refractivity (Wildman–Crippen MR) is 126 cm³/mol. The first-order valence-electron chi connectivity index (χ1n) is 10.7. The number of thioether (sulfide) groups is 1. The zero-order chi connectivity index (χ0) is 23.2. The van der Waals surface area contributed by atoms with E-state index in [1.54, 1.807) is 38.5 Å². The molecule has 0 spiro atoms. The maximum absolute atomic E-state index is 11.9. The molecule has 3 aromatic rings. The number of carboxylic acids is 1. The van der Waals surface area contributed by atoms with Crippen molar-refractivity contribution in [3.63, 3.8) is 0 Å². The number of carboxylic acid groups (broad SMARTS) is 1. The Labute approximate surface area is 195 Å². The maximum Gasteiger partial charge on any atom is 0.342 e. The minimum Gasteiger partial charge on any atom is -0.497 e. The Morgan fingerprint density at radius 1 is 1.12 bits per heavy atom. The Hall–Kier alpha value is -3.40. The monoisotopic (exact) mass is 470 g/mol. The SMILES string of the molecule is COc1cc(OC)cc(-c2nc(S/C(=C\c3ccc(N4CCCCCC4)o3)C(=O)O)n[nH]2)c1. The van der Waals surface area contributed by atoms with Gasteiger partial charge in [0.2, 0.25) is 5.16 Å². The van der Waals surface area contributed by atoms with Crippen LogP contribution in [0.1, 0.15) is 31.4 Å². The molecule has 0 bridgehead atoms. The van der Waals surface area contributed by atoms with Gasteiger partial charge in [-0.3, -0.25) is 5.10 Å². The van der Waals surface area contributed by atoms with E-state index in [-0.39, 0.29) is 10.1 Å². The van der Waals surface area contributed by atoms with E-state index in [1.165, 1.54) is 18.9 Å². The number of hydrogen-bond donors (Lipinski definition) is 2. The molecular formula is C23H26N4O5S. The largest absolute Gasteiger partial charge is 0.497 e. The molecule has 2 aromatic heterocycles. The summed E-state index contributed by atoms with van der Waals surface area (Å²) in [6.45, 7) is 1.90. The molecule has 0 radical (unpaired) electrons. The number of aromatic nitrogens is 3. The van der Waals surface area contributed by atoms with Crippen LogP contribution in [-0.2, 0) is 4.79 Å². The van der Waals surface area contributed by atoms with E-state index in [1.807, 2.05) is 6.07 Å². The van der Waals surface area contributed by atoms with Gasteiger partial charge >= 0.3 is 5.97 Å². The molecule has 3 heterocycles. The van der Waals surface area contributed by atoms with E-state index in [9.17, 15) is 9.90 Å². The van der Waals surface area contributed by atoms with Crippen molar-refractivity contribution in [3.8, 4) is 22.9 Å². The second-order valence-electron chi connectivity index (χ2n) is 7.56. The number of nitrogens with one attached hydrogen (secondary N) is 1. The average molecular weight is 471 g/mol. The maximum atomic E-state index is 11.9. The van der Waals surface area contributed by atoms with Gasteiger partial charge in [-0.2, -0.15) is 0 Å². The second-order valence-corrected chi connectivity index (χ2v) is 8.57. The number of methoxy groups -OCH3 is 2. The van der Waals surface area contributed by atoms with Crippen molar-refractivity contribution >= 4 is 29.7 Å². The fourth-order valence-corrected chi connectivity index (χ4v) is 4.30. The van der Waals surface area contributed by atoms with Gasteiger partial charge < -0.3 is 23.9 Å². The number of hydrogen-bond acceptors (Lipinski definition) is 8. The predicted octanol–water partition coefficient (Wildman–Crippen LogP) is 4.68. The normalized spacial score (nSPS) is 14.7. The highest BCUT2D eigenvalue weighted by molar-refractivity contribution is 8.04. The van der Waals surface area contributed by atoms with Crippen LogP contribution in [0, 0.1) is 0 Å². The molecule has 0 unspecified atom stereocenters. The molecule has 33 heavy (non-hydrogen) atoms. The summed E-state index contributed by atoms with van der Waals surface area (Å²) in [6.07, 6.45) is 6.22. The van der Waals surface area contributed by atoms with Crippen LogP contribution in [0.4, 0.5) is 5.88 Å². The van der Waals surface area contributed by atoms with Gasteiger partial charge in [0.15, 0.2) is 11.7 Å². The molecule has 4 rings (SSSR count). The lowest BCUT2D eigenvalue weighted by Gasteiger charge is -2.18. The van der Waals surface area contributed by atoms with Gasteiger partial charge in [0, 0.05) is 36.9 Å². The van der Waals surface area contributed by atoms with E-state index in [2.05, 4.69) is 20.1 Å². The molecule has 10 heteroatoms. The van der Waals surface area contributed by atoms with E-state index in [0.717, 1.165) is 43.6 Å². The number of aliphatic carboxylic acids is 1. The van der Waals surface area contributed by atoms with Crippen molar-refractivity contribution < 1.29 is 23.8 Å². The third-order valence-corrected chi connectivity index (χ3v) is 6.18. The highest BCUT2D eigenvalue weighted by Crippen LogP contribution is 2.32. The highest BCUT2D eigenvalue weighted by Gasteiger charge is 2.17. The van der Waals surface area contributed by atoms with Crippen molar-refractivity contribution in [2.45, 2.75) is 30.8 Å². The first kappa shape index (κ1) is 22.8. The Bertz CT molecular complexity index is 1110. The van der Waals surface area contributed by atoms with Crippen LogP contribution in [0.15, 0.2) is 44.8 Å². The second kappa shape index (κ2) is 10.5. The summed E-state index contributed by atoms with van der Waals surface area (Å²) >= 11 is 0.947. The number of benzene rings is 1. The number of rotatable bonds is 8. The third-order valence-electron chi connectivity index (χ3n) is 5.31. The molecule has 1 aromatic carbocycles. The fraction of sp³-hybridized carbons (Fsp3) is 0.348. The molecule has 0 amide bonds. The molecule has 1 aliphatic heterocycles. The van der Waals surface area contributed by atoms with Crippen molar-refractivity contribution in [1.82, 2.24) is 15.2 Å². The Morgan fingerprint density at radius 2 is 1.82 bits per heavy atom. The third kappa shape index (κ3) is 5.70. The minimum atomic E-state index is -1.08. The summed E-state index contributed by atoms with van der Waals surface area (Å²) in [6, 6.07) is 9.01. The smallest absolute Gasteiger partial charge is 0.342 e. The van der Waals surface area contributed by atoms with E-state index >= 15 is 0 Å². The van der Waals surface area contributed by atoms with Crippen LogP contribution in [0.3, 0.4) is 0 Å². The van der Waals surface area contributed by atoms with Gasteiger partial charge in [-0.1, -0.05) is 12.8 Å². The first-order chi connectivity index (χ1) is 16.1. The Balaban J connectivity index is 1.52. The highest BCUT2D eigenvalue weighted by atomic mass is 32.2. The molecule has 1 saturated heterocycles. The Morgan fingerprint density at radius 3 is 2.45 bits per heavy atom. The lowest BCUT2D eigenvalue weighted by atomic mass is 10.2. The average Bonchev–Trinajstić information content (AvgIpc) is 3.41. The number of H-pyrrole nitrogens is 1. The van der Waals surface area contributed by atoms with Crippen LogP contribution in [0.5, 0.6) is 11.5 Å². The topological polar surface area (TPSA) is 114 Å². The molecule has 1 aliphatic rings. The summed E-state index contributed by atoms with van der Waals surface area (Å²) in [5.74, 6) is 1.86. The van der Waals surface area contributed by atoms with Gasteiger partial charge in [0.1, 0.15) is 22.2 Å². The molecule has 0 atom stereocenters. The van der Waals surface area contributed by atoms with Crippen LogP contribution in [0.2, 0.25) is 0 Å². The standard InChI is InChI=1S/C23H26N4O5S/c1-30-17-11-15(12-18(13-17)31-2)21-24-23(26-25-21)33-19(22(28)29)14-16-7-8-20(32-16)27-9-5-3-4-6-10-27/h7-8,11-14H,3-6,9-10H2,1-2H3,(H,28,29)(H,24,25,26)/b19-14-. The molecule has 2 N–H and O–H groups in total. The number of nitrogens with zero attached hydrogens (tertiary/aromatic N) is 3. The lowest BCUT2D eigenvalue weighted by molar-refractivity contribution is -0.131. The quantitative estimate of drug-likeness (QED) is 0.358. The number of aromatic amines is 1. The van der Waals surface area contributed by atoms with E-state index in [4.69, 9.17) is 13.9 Å². The van der Waals surface area contributed by atoms with Crippen LogP contribution >= 0.6 is 11.8 Å². The van der Waals surface area contributed by atoms with Gasteiger partial charge in [-0.05, 0) is 42.8 Å². The minimum absolute atomic E-state index is 0.0561. The van der Waals surface area contributed by atoms with Gasteiger partial charge in [-0.25, -0.2) is 9.78 Å². The molecule has 0 aliphatic carbocycles. The van der Waals surface area contributed by atoms with Crippen molar-refractivity contribution in [2.75, 3.05) is 32.2 Å². The molecule has 9 nitrogen and oxygen atoms in total. The van der Waals surface area contributed by atoms with Crippen molar-refractivity contribution in [3.05, 3.63) is 41.0 Å². The number of furan rings is 1. The van der Waals surface area contributed by atoms with E-state index < -0.39 is 5.97 Å². The van der Waals surface area contributed by atoms with Crippen LogP contribution in [0.25, 0.3) is 17.5 Å². The zero-order valence-corrected chi connectivity index (χ0v) is 19.4. The summed E-state index contributed by atoms with van der Waals surface area (Å²) in [4.78, 5) is 18.6. The zero-order valence-electron chi connectivity index (χ0n) is 18.5. The number of anilines is 1. The summed E-state index contributed by atoms with van der Waals surface area (Å²) in [5, 5.41) is 17.0. The Kier molecular flexibility index (Phi) is 7.23. The van der Waals surface area contributed by atoms with Crippen LogP contribution < -0.4 is 14.4 Å². The summed E-state index contributed by atoms with van der Waals surface area (Å²) in [5.41, 5.74) is 0.708. The molecule has 174 valence electrons. The molecule has 1 fully saturated rings. The summed E-state index contributed by atoms with van der Waals surface area (Å²) < 4.78 is 16.5. The number of carbonyl (C=O) groups is 1. The first-order valence-corrected chi connectivity index (χ1v) is 11.5. The van der Waals surface area contributed by atoms with Crippen molar-refractivity contribution in [2.24, 2.45) is 0 Å². The van der Waals surface area contributed by atoms with Crippen LogP contribution in [-0.4, -0.2) is 53.6 Å². The summed E-state index contributed by atoms with van der Waals surface area (Å²) in [7, 11) is 3.13. The van der Waals surface area contributed by atoms with Gasteiger partial charge in [0.25, 0.3) is 0 Å². The van der Waals surface area contributed by atoms with Crippen molar-refractivity contribution in [1.29, 1.82) is 0 Å². The lowest BCUT2D eigenvalue weighted by Crippen LogP contribution is -2.23. The van der Waals surface area contributed by atoms with Gasteiger partial charge in [-0.15, -0.1) is 5.10 Å². The fourth-order valence-electron chi connectivity index (χ4n) is 3.61. The van der Waals surface area contributed by atoms with Gasteiger partial charge in [0.05, 0.1) is 14.2 Å².